The molecule has 6 heteroatoms. The highest BCUT2D eigenvalue weighted by Gasteiger charge is 2.19. The zero-order valence-electron chi connectivity index (χ0n) is 40.9. The zero-order chi connectivity index (χ0) is 45.1. The standard InChI is InChI=1S/C56H98O6/c1-4-7-10-13-16-19-22-24-26-27-28-30-31-34-37-40-43-46-49-55(58)61-52-53(51-60-54(57)48-45-42-39-36-33-21-18-15-12-9-6-3)62-56(59)50-47-44-41-38-35-32-29-25-23-20-17-14-11-8-5-2/h8,11,14-15,17-18,20,23,28,30,53H,4-7,9-10,12-13,16,19,21-22,24-27,29,31-52H2,1-3H3/b11-8-,17-14-,18-15-,23-20-,30-28-. The first-order valence-corrected chi connectivity index (χ1v) is 26.3. The van der Waals surface area contributed by atoms with Gasteiger partial charge < -0.3 is 14.2 Å². The van der Waals surface area contributed by atoms with Crippen molar-refractivity contribution in [1.82, 2.24) is 0 Å². The molecule has 1 unspecified atom stereocenters. The Morgan fingerprint density at radius 1 is 0.339 bits per heavy atom. The highest BCUT2D eigenvalue weighted by molar-refractivity contribution is 5.71. The lowest BCUT2D eigenvalue weighted by Gasteiger charge is -2.18. The predicted octanol–water partition coefficient (Wildman–Crippen LogP) is 17.3. The number of carbonyl (C=O) groups excluding carboxylic acids is 3. The molecule has 0 radical (unpaired) electrons. The van der Waals surface area contributed by atoms with E-state index in [1.165, 1.54) is 135 Å². The summed E-state index contributed by atoms with van der Waals surface area (Å²) >= 11 is 0. The smallest absolute Gasteiger partial charge is 0.306 e. The molecule has 0 bridgehead atoms. The van der Waals surface area contributed by atoms with Gasteiger partial charge in [0.1, 0.15) is 13.2 Å². The van der Waals surface area contributed by atoms with Gasteiger partial charge in [-0.15, -0.1) is 0 Å². The number of rotatable bonds is 47. The highest BCUT2D eigenvalue weighted by Crippen LogP contribution is 2.15. The van der Waals surface area contributed by atoms with E-state index in [1.54, 1.807) is 0 Å². The summed E-state index contributed by atoms with van der Waals surface area (Å²) < 4.78 is 16.8. The first-order chi connectivity index (χ1) is 30.5. The van der Waals surface area contributed by atoms with Gasteiger partial charge in [0.15, 0.2) is 6.10 Å². The van der Waals surface area contributed by atoms with Crippen molar-refractivity contribution in [2.75, 3.05) is 13.2 Å². The van der Waals surface area contributed by atoms with Gasteiger partial charge >= 0.3 is 17.9 Å². The second-order valence-electron chi connectivity index (χ2n) is 17.5. The predicted molar refractivity (Wildman–Crippen MR) is 265 cm³/mol. The van der Waals surface area contributed by atoms with Crippen LogP contribution < -0.4 is 0 Å². The van der Waals surface area contributed by atoms with Gasteiger partial charge in [-0.25, -0.2) is 0 Å². The average molecular weight is 867 g/mol. The molecule has 6 nitrogen and oxygen atoms in total. The lowest BCUT2D eigenvalue weighted by molar-refractivity contribution is -0.167. The van der Waals surface area contributed by atoms with E-state index in [2.05, 4.69) is 81.5 Å². The Bertz CT molecular complexity index is 1130. The fourth-order valence-corrected chi connectivity index (χ4v) is 7.30. The van der Waals surface area contributed by atoms with Crippen molar-refractivity contribution in [3.63, 3.8) is 0 Å². The fourth-order valence-electron chi connectivity index (χ4n) is 7.30. The van der Waals surface area contributed by atoms with Gasteiger partial charge in [0.25, 0.3) is 0 Å². The first-order valence-electron chi connectivity index (χ1n) is 26.3. The third-order valence-corrected chi connectivity index (χ3v) is 11.3. The Kier molecular flexibility index (Phi) is 48.4. The van der Waals surface area contributed by atoms with Gasteiger partial charge in [0.05, 0.1) is 0 Å². The van der Waals surface area contributed by atoms with Gasteiger partial charge in [-0.1, -0.05) is 216 Å². The van der Waals surface area contributed by atoms with E-state index in [0.29, 0.717) is 19.3 Å². The van der Waals surface area contributed by atoms with Crippen LogP contribution in [0.2, 0.25) is 0 Å². The molecule has 1 atom stereocenters. The number of hydrogen-bond donors (Lipinski definition) is 0. The Labute approximate surface area is 383 Å². The van der Waals surface area contributed by atoms with Gasteiger partial charge in [-0.05, 0) is 83.5 Å². The Morgan fingerprint density at radius 3 is 1.06 bits per heavy atom. The van der Waals surface area contributed by atoms with Crippen LogP contribution in [0.1, 0.15) is 258 Å². The van der Waals surface area contributed by atoms with E-state index in [-0.39, 0.29) is 31.1 Å². The molecule has 0 aliphatic rings. The highest BCUT2D eigenvalue weighted by atomic mass is 16.6. The maximum absolute atomic E-state index is 12.8. The molecule has 0 amide bonds. The van der Waals surface area contributed by atoms with Crippen LogP contribution in [0.3, 0.4) is 0 Å². The van der Waals surface area contributed by atoms with E-state index in [1.807, 2.05) is 0 Å². The molecule has 62 heavy (non-hydrogen) atoms. The number of carbonyl (C=O) groups is 3. The molecule has 0 saturated carbocycles. The van der Waals surface area contributed by atoms with Crippen LogP contribution in [0.15, 0.2) is 60.8 Å². The van der Waals surface area contributed by atoms with E-state index < -0.39 is 6.10 Å². The minimum absolute atomic E-state index is 0.0858. The molecule has 0 aromatic rings. The molecule has 0 saturated heterocycles. The molecule has 0 heterocycles. The number of ether oxygens (including phenoxy) is 3. The van der Waals surface area contributed by atoms with E-state index >= 15 is 0 Å². The quantitative estimate of drug-likeness (QED) is 0.0199. The minimum atomic E-state index is -0.786. The van der Waals surface area contributed by atoms with Crippen molar-refractivity contribution in [1.29, 1.82) is 0 Å². The molecule has 0 rings (SSSR count). The third kappa shape index (κ3) is 48.1. The average Bonchev–Trinajstić information content (AvgIpc) is 3.27. The molecule has 358 valence electrons. The lowest BCUT2D eigenvalue weighted by Crippen LogP contribution is -2.30. The van der Waals surface area contributed by atoms with Gasteiger partial charge in [0, 0.05) is 19.3 Å². The molecule has 0 fully saturated rings. The van der Waals surface area contributed by atoms with Crippen LogP contribution in [-0.4, -0.2) is 37.2 Å². The number of esters is 3. The van der Waals surface area contributed by atoms with Crippen molar-refractivity contribution in [3.8, 4) is 0 Å². The molecule has 0 aromatic carbocycles. The van der Waals surface area contributed by atoms with Crippen LogP contribution in [-0.2, 0) is 28.6 Å². The van der Waals surface area contributed by atoms with Crippen LogP contribution in [0.5, 0.6) is 0 Å². The monoisotopic (exact) mass is 867 g/mol. The van der Waals surface area contributed by atoms with Crippen LogP contribution in [0.4, 0.5) is 0 Å². The molecular formula is C56H98O6. The molecule has 0 aliphatic carbocycles. The number of unbranched alkanes of at least 4 members (excludes halogenated alkanes) is 28. The fraction of sp³-hybridized carbons (Fsp3) is 0.768. The lowest BCUT2D eigenvalue weighted by atomic mass is 10.1. The van der Waals surface area contributed by atoms with Crippen molar-refractivity contribution < 1.29 is 28.6 Å². The topological polar surface area (TPSA) is 78.9 Å². The summed E-state index contributed by atoms with van der Waals surface area (Å²) in [5, 5.41) is 0. The summed E-state index contributed by atoms with van der Waals surface area (Å²) in [6.07, 6.45) is 62.1. The van der Waals surface area contributed by atoms with Gasteiger partial charge in [0.2, 0.25) is 0 Å². The van der Waals surface area contributed by atoms with Crippen molar-refractivity contribution >= 4 is 17.9 Å². The Balaban J connectivity index is 4.37. The molecule has 0 aliphatic heterocycles. The van der Waals surface area contributed by atoms with E-state index in [4.69, 9.17) is 14.2 Å². The summed E-state index contributed by atoms with van der Waals surface area (Å²) in [4.78, 5) is 38.0. The maximum Gasteiger partial charge on any atom is 0.306 e. The van der Waals surface area contributed by atoms with Gasteiger partial charge in [-0.3, -0.25) is 14.4 Å². The Hall–Kier alpha value is -2.89. The normalized spacial score (nSPS) is 12.5. The third-order valence-electron chi connectivity index (χ3n) is 11.3. The largest absolute Gasteiger partial charge is 0.462 e. The molecule has 0 spiro atoms. The summed E-state index contributed by atoms with van der Waals surface area (Å²) in [5.74, 6) is -0.911. The van der Waals surface area contributed by atoms with Crippen molar-refractivity contribution in [2.45, 2.75) is 264 Å². The first kappa shape index (κ1) is 59.1. The number of hydrogen-bond acceptors (Lipinski definition) is 6. The molecule has 0 aromatic heterocycles. The van der Waals surface area contributed by atoms with Crippen molar-refractivity contribution in [2.24, 2.45) is 0 Å². The molecule has 0 N–H and O–H groups in total. The second kappa shape index (κ2) is 50.8. The number of allylic oxidation sites excluding steroid dienone is 10. The zero-order valence-corrected chi connectivity index (χ0v) is 40.9. The second-order valence-corrected chi connectivity index (χ2v) is 17.5. The summed E-state index contributed by atoms with van der Waals surface area (Å²) in [5.41, 5.74) is 0. The summed E-state index contributed by atoms with van der Waals surface area (Å²) in [6, 6.07) is 0. The van der Waals surface area contributed by atoms with Crippen LogP contribution >= 0.6 is 0 Å². The minimum Gasteiger partial charge on any atom is -0.462 e. The van der Waals surface area contributed by atoms with Gasteiger partial charge in [-0.2, -0.15) is 0 Å². The van der Waals surface area contributed by atoms with Crippen LogP contribution in [0, 0.1) is 0 Å². The van der Waals surface area contributed by atoms with Crippen molar-refractivity contribution in [3.05, 3.63) is 60.8 Å². The summed E-state index contributed by atoms with van der Waals surface area (Å²) in [6.45, 7) is 6.46. The maximum atomic E-state index is 12.8. The SMILES string of the molecule is CC\C=C/C=C\C=C/CCCCCCCCCC(=O)OC(COC(=O)CCCCCCC/C=C\CCCC)COC(=O)CCCCCCC/C=C\CCCCCCCCCCC. The van der Waals surface area contributed by atoms with Crippen LogP contribution in [0.25, 0.3) is 0 Å². The van der Waals surface area contributed by atoms with E-state index in [9.17, 15) is 14.4 Å². The molecular weight excluding hydrogens is 769 g/mol. The summed E-state index contributed by atoms with van der Waals surface area (Å²) in [7, 11) is 0. The Morgan fingerprint density at radius 2 is 0.661 bits per heavy atom. The van der Waals surface area contributed by atoms with E-state index in [0.717, 1.165) is 83.5 Å².